The first-order valence-corrected chi connectivity index (χ1v) is 7.21. The van der Waals surface area contributed by atoms with Crippen LogP contribution in [-0.4, -0.2) is 25.2 Å². The molecule has 0 spiro atoms. The lowest BCUT2D eigenvalue weighted by Gasteiger charge is -2.14. The van der Waals surface area contributed by atoms with Gasteiger partial charge in [-0.05, 0) is 24.0 Å². The molecule has 0 amide bonds. The van der Waals surface area contributed by atoms with Crippen molar-refractivity contribution in [1.29, 1.82) is 0 Å². The minimum atomic E-state index is -0.205. The topological polar surface area (TPSA) is 34.9 Å². The second-order valence-electron chi connectivity index (χ2n) is 4.96. The van der Waals surface area contributed by atoms with E-state index in [1.807, 2.05) is 18.2 Å². The van der Waals surface area contributed by atoms with E-state index in [2.05, 4.69) is 4.98 Å². The summed E-state index contributed by atoms with van der Waals surface area (Å²) < 4.78 is 1.53. The van der Waals surface area contributed by atoms with Crippen molar-refractivity contribution in [2.75, 3.05) is 0 Å². The summed E-state index contributed by atoms with van der Waals surface area (Å²) in [7, 11) is 11.7. The highest BCUT2D eigenvalue weighted by molar-refractivity contribution is 6.38. The Bertz CT molecular complexity index is 908. The van der Waals surface area contributed by atoms with Gasteiger partial charge in [-0.25, -0.2) is 4.98 Å². The molecule has 1 aromatic heterocycles. The molecular formula is C16H11B2ClN2O. The molecule has 0 bridgehead atoms. The first-order chi connectivity index (χ1) is 10.6. The lowest BCUT2D eigenvalue weighted by atomic mass is 9.92. The van der Waals surface area contributed by atoms with Crippen molar-refractivity contribution >= 4 is 43.7 Å². The van der Waals surface area contributed by atoms with Crippen LogP contribution in [0.4, 0.5) is 0 Å². The molecule has 104 valence electrons. The standard InChI is InChI=1S/C16H11B2ClN2O/c17-8-14-20-13-7-3-5-11(18)15(13)16(22)21(14)9-10-4-1-2-6-12(10)19/h1-7H,8-9H2. The van der Waals surface area contributed by atoms with Crippen molar-refractivity contribution < 1.29 is 0 Å². The lowest BCUT2D eigenvalue weighted by Crippen LogP contribution is -2.29. The van der Waals surface area contributed by atoms with E-state index in [1.165, 1.54) is 4.57 Å². The second-order valence-corrected chi connectivity index (χ2v) is 5.36. The molecule has 1 heterocycles. The summed E-state index contributed by atoms with van der Waals surface area (Å²) in [6.45, 7) is 0.308. The molecule has 3 nitrogen and oxygen atoms in total. The molecule has 0 N–H and O–H groups in total. The van der Waals surface area contributed by atoms with Gasteiger partial charge in [0.15, 0.2) is 0 Å². The van der Waals surface area contributed by atoms with Gasteiger partial charge in [-0.15, -0.1) is 0 Å². The first kappa shape index (κ1) is 14.9. The molecule has 6 heteroatoms. The van der Waals surface area contributed by atoms with E-state index in [0.29, 0.717) is 33.8 Å². The van der Waals surface area contributed by atoms with Crippen molar-refractivity contribution in [2.45, 2.75) is 12.9 Å². The van der Waals surface area contributed by atoms with Crippen LogP contribution in [-0.2, 0) is 12.9 Å². The Morgan fingerprint density at radius 2 is 1.91 bits per heavy atom. The Kier molecular flexibility index (Phi) is 4.08. The fourth-order valence-corrected chi connectivity index (χ4v) is 2.65. The Balaban J connectivity index is 2.24. The maximum atomic E-state index is 12.8. The number of rotatable bonds is 3. The van der Waals surface area contributed by atoms with E-state index < -0.39 is 0 Å². The maximum Gasteiger partial charge on any atom is 0.261 e. The summed E-state index contributed by atoms with van der Waals surface area (Å²) in [4.78, 5) is 17.2. The zero-order chi connectivity index (χ0) is 15.7. The normalized spacial score (nSPS) is 11.0. The minimum Gasteiger partial charge on any atom is -0.292 e. The summed E-state index contributed by atoms with van der Waals surface area (Å²) in [6.07, 6.45) is 0.157. The third-order valence-corrected chi connectivity index (χ3v) is 3.93. The van der Waals surface area contributed by atoms with Gasteiger partial charge in [0.25, 0.3) is 5.56 Å². The number of benzene rings is 2. The fourth-order valence-electron chi connectivity index (χ4n) is 2.45. The van der Waals surface area contributed by atoms with Gasteiger partial charge in [0, 0.05) is 5.02 Å². The highest BCUT2D eigenvalue weighted by Gasteiger charge is 2.12. The van der Waals surface area contributed by atoms with E-state index >= 15 is 0 Å². The lowest BCUT2D eigenvalue weighted by molar-refractivity contribution is 0.707. The van der Waals surface area contributed by atoms with Crippen LogP contribution in [0.25, 0.3) is 10.9 Å². The third-order valence-electron chi connectivity index (χ3n) is 3.56. The number of fused-ring (bicyclic) bond motifs is 1. The molecule has 0 aliphatic heterocycles. The predicted molar refractivity (Wildman–Crippen MR) is 91.4 cm³/mol. The fraction of sp³-hybridized carbons (Fsp3) is 0.125. The number of hydrogen-bond acceptors (Lipinski definition) is 2. The van der Waals surface area contributed by atoms with Crippen LogP contribution in [0.2, 0.25) is 5.02 Å². The van der Waals surface area contributed by atoms with Gasteiger partial charge in [0.1, 0.15) is 13.7 Å². The molecule has 22 heavy (non-hydrogen) atoms. The predicted octanol–water partition coefficient (Wildman–Crippen LogP) is 1.56. The van der Waals surface area contributed by atoms with Crippen LogP contribution < -0.4 is 11.0 Å². The summed E-state index contributed by atoms with van der Waals surface area (Å²) in [6, 6.07) is 12.6. The highest BCUT2D eigenvalue weighted by Crippen LogP contribution is 2.16. The van der Waals surface area contributed by atoms with Crippen molar-refractivity contribution in [1.82, 2.24) is 9.55 Å². The number of aromatic nitrogens is 2. The van der Waals surface area contributed by atoms with Gasteiger partial charge in [-0.2, -0.15) is 0 Å². The molecule has 4 radical (unpaired) electrons. The van der Waals surface area contributed by atoms with E-state index in [1.54, 1.807) is 24.3 Å². The molecular weight excluding hydrogens is 293 g/mol. The molecule has 0 unspecified atom stereocenters. The SMILES string of the molecule is [B]Cc1nc2cccc([B])c2c(=O)n1Cc1ccccc1Cl. The van der Waals surface area contributed by atoms with Crippen LogP contribution in [0.1, 0.15) is 11.4 Å². The second kappa shape index (κ2) is 6.01. The van der Waals surface area contributed by atoms with Crippen LogP contribution >= 0.6 is 11.6 Å². The number of halogens is 1. The quantitative estimate of drug-likeness (QED) is 0.688. The van der Waals surface area contributed by atoms with E-state index in [4.69, 9.17) is 27.3 Å². The third kappa shape index (κ3) is 2.57. The molecule has 3 aromatic rings. The summed E-state index contributed by atoms with van der Waals surface area (Å²) in [5.41, 5.74) is 1.59. The largest absolute Gasteiger partial charge is 0.292 e. The summed E-state index contributed by atoms with van der Waals surface area (Å²) in [5.74, 6) is 0.503. The molecule has 0 aliphatic rings. The average molecular weight is 304 g/mol. The zero-order valence-electron chi connectivity index (χ0n) is 11.8. The Hall–Kier alpha value is -2.00. The van der Waals surface area contributed by atoms with E-state index in [9.17, 15) is 4.79 Å². The zero-order valence-corrected chi connectivity index (χ0v) is 12.5. The monoisotopic (exact) mass is 304 g/mol. The van der Waals surface area contributed by atoms with Crippen molar-refractivity contribution in [3.05, 3.63) is 69.2 Å². The van der Waals surface area contributed by atoms with E-state index in [-0.39, 0.29) is 11.9 Å². The van der Waals surface area contributed by atoms with Gasteiger partial charge in [0.05, 0.1) is 25.3 Å². The maximum absolute atomic E-state index is 12.8. The van der Waals surface area contributed by atoms with Gasteiger partial charge in [-0.1, -0.05) is 47.4 Å². The van der Waals surface area contributed by atoms with Crippen molar-refractivity contribution in [3.63, 3.8) is 0 Å². The average Bonchev–Trinajstić information content (AvgIpc) is 2.51. The van der Waals surface area contributed by atoms with E-state index in [0.717, 1.165) is 5.56 Å². The molecule has 0 saturated carbocycles. The van der Waals surface area contributed by atoms with Crippen molar-refractivity contribution in [3.8, 4) is 0 Å². The van der Waals surface area contributed by atoms with Gasteiger partial charge in [0.2, 0.25) is 0 Å². The molecule has 0 fully saturated rings. The Labute approximate surface area is 135 Å². The molecule has 0 atom stereocenters. The summed E-state index contributed by atoms with van der Waals surface area (Å²) >= 11 is 6.18. The van der Waals surface area contributed by atoms with Gasteiger partial charge >= 0.3 is 0 Å². The van der Waals surface area contributed by atoms with Crippen molar-refractivity contribution in [2.24, 2.45) is 0 Å². The minimum absolute atomic E-state index is 0.157. The first-order valence-electron chi connectivity index (χ1n) is 6.83. The molecule has 2 aromatic carbocycles. The van der Waals surface area contributed by atoms with Crippen LogP contribution in [0.3, 0.4) is 0 Å². The summed E-state index contributed by atoms with van der Waals surface area (Å²) in [5, 5.41) is 1.00. The van der Waals surface area contributed by atoms with Crippen LogP contribution in [0, 0.1) is 0 Å². The van der Waals surface area contributed by atoms with Crippen LogP contribution in [0.15, 0.2) is 47.3 Å². The number of nitrogens with zero attached hydrogens (tertiary/aromatic N) is 2. The Morgan fingerprint density at radius 1 is 1.14 bits per heavy atom. The Morgan fingerprint density at radius 3 is 2.64 bits per heavy atom. The molecule has 0 saturated heterocycles. The number of hydrogen-bond donors (Lipinski definition) is 0. The highest BCUT2D eigenvalue weighted by atomic mass is 35.5. The molecule has 0 aliphatic carbocycles. The smallest absolute Gasteiger partial charge is 0.261 e. The molecule has 3 rings (SSSR count). The van der Waals surface area contributed by atoms with Gasteiger partial charge in [-0.3, -0.25) is 9.36 Å². The van der Waals surface area contributed by atoms with Crippen LogP contribution in [0.5, 0.6) is 0 Å². The van der Waals surface area contributed by atoms with Gasteiger partial charge < -0.3 is 0 Å².